The van der Waals surface area contributed by atoms with E-state index < -0.39 is 0 Å². The van der Waals surface area contributed by atoms with E-state index >= 15 is 0 Å². The van der Waals surface area contributed by atoms with Crippen molar-refractivity contribution in [1.82, 2.24) is 9.88 Å². The first-order chi connectivity index (χ1) is 13.7. The van der Waals surface area contributed by atoms with Gasteiger partial charge >= 0.3 is 0 Å². The van der Waals surface area contributed by atoms with E-state index in [1.54, 1.807) is 6.20 Å². The quantitative estimate of drug-likeness (QED) is 0.885. The van der Waals surface area contributed by atoms with Gasteiger partial charge in [0.1, 0.15) is 5.82 Å². The zero-order chi connectivity index (χ0) is 19.3. The third-order valence-corrected chi connectivity index (χ3v) is 5.68. The first-order valence-electron chi connectivity index (χ1n) is 10.2. The molecular weight excluding hydrogens is 350 g/mol. The smallest absolute Gasteiger partial charge is 0.257 e. The molecule has 2 aliphatic rings. The van der Waals surface area contributed by atoms with E-state index in [9.17, 15) is 4.79 Å². The maximum absolute atomic E-state index is 12.5. The summed E-state index contributed by atoms with van der Waals surface area (Å²) in [5, 5.41) is 2.98. The summed E-state index contributed by atoms with van der Waals surface area (Å²) in [6, 6.07) is 11.9. The Balaban J connectivity index is 1.35. The van der Waals surface area contributed by atoms with Gasteiger partial charge < -0.3 is 20.0 Å². The number of nitrogens with zero attached hydrogens (tertiary/aromatic N) is 4. The fraction of sp³-hybridized carbons (Fsp3) is 0.455. The number of anilines is 3. The molecule has 0 atom stereocenters. The predicted octanol–water partition coefficient (Wildman–Crippen LogP) is 3.08. The van der Waals surface area contributed by atoms with Crippen LogP contribution in [0.5, 0.6) is 0 Å². The highest BCUT2D eigenvalue weighted by Crippen LogP contribution is 2.21. The topological polar surface area (TPSA) is 51.7 Å². The number of piperazine rings is 1. The molecule has 0 aliphatic carbocycles. The number of aromatic nitrogens is 1. The number of benzene rings is 1. The monoisotopic (exact) mass is 379 g/mol. The fourth-order valence-electron chi connectivity index (χ4n) is 3.85. The van der Waals surface area contributed by atoms with Gasteiger partial charge in [0.05, 0.1) is 5.56 Å². The van der Waals surface area contributed by atoms with E-state index in [0.717, 1.165) is 50.8 Å². The molecule has 6 heteroatoms. The van der Waals surface area contributed by atoms with Crippen molar-refractivity contribution in [3.63, 3.8) is 0 Å². The number of likely N-dealkylation sites (N-methyl/N-ethyl adjacent to an activating group) is 1. The van der Waals surface area contributed by atoms with Crippen molar-refractivity contribution in [2.24, 2.45) is 0 Å². The molecule has 0 unspecified atom stereocenters. The lowest BCUT2D eigenvalue weighted by atomic mass is 10.1. The summed E-state index contributed by atoms with van der Waals surface area (Å²) in [6.45, 7) is 6.35. The van der Waals surface area contributed by atoms with Crippen LogP contribution in [0.1, 0.15) is 29.6 Å². The number of nitrogens with one attached hydrogen (secondary N) is 1. The number of pyridine rings is 1. The number of piperidine rings is 1. The number of hydrogen-bond acceptors (Lipinski definition) is 5. The van der Waals surface area contributed by atoms with E-state index in [4.69, 9.17) is 0 Å². The molecule has 0 spiro atoms. The average Bonchev–Trinajstić information content (AvgIpc) is 2.76. The van der Waals surface area contributed by atoms with Gasteiger partial charge in [-0.3, -0.25) is 4.79 Å². The molecule has 0 bridgehead atoms. The SMILES string of the molecule is CN1CCN(c2ccc(NC(=O)c3ccc(N4CCCCC4)nc3)cc2)CC1. The molecule has 1 amide bonds. The second-order valence-electron chi connectivity index (χ2n) is 7.74. The summed E-state index contributed by atoms with van der Waals surface area (Å²) in [7, 11) is 2.16. The van der Waals surface area contributed by atoms with Gasteiger partial charge in [0, 0.05) is 56.8 Å². The Kier molecular flexibility index (Phi) is 5.76. The van der Waals surface area contributed by atoms with Crippen molar-refractivity contribution in [2.75, 3.05) is 61.4 Å². The fourth-order valence-corrected chi connectivity index (χ4v) is 3.85. The minimum Gasteiger partial charge on any atom is -0.369 e. The molecule has 2 aliphatic heterocycles. The maximum atomic E-state index is 12.5. The van der Waals surface area contributed by atoms with Gasteiger partial charge in [-0.15, -0.1) is 0 Å². The lowest BCUT2D eigenvalue weighted by Gasteiger charge is -2.34. The predicted molar refractivity (Wildman–Crippen MR) is 114 cm³/mol. The molecule has 2 aromatic rings. The van der Waals surface area contributed by atoms with Crippen molar-refractivity contribution in [3.05, 3.63) is 48.2 Å². The van der Waals surface area contributed by atoms with Crippen LogP contribution in [0.2, 0.25) is 0 Å². The molecule has 1 N–H and O–H groups in total. The first-order valence-corrected chi connectivity index (χ1v) is 10.2. The molecule has 0 saturated carbocycles. The van der Waals surface area contributed by atoms with Crippen LogP contribution in [0.15, 0.2) is 42.6 Å². The van der Waals surface area contributed by atoms with Gasteiger partial charge in [-0.25, -0.2) is 4.98 Å². The van der Waals surface area contributed by atoms with Crippen LogP contribution < -0.4 is 15.1 Å². The molecule has 1 aromatic heterocycles. The van der Waals surface area contributed by atoms with Gasteiger partial charge in [0.2, 0.25) is 0 Å². The number of carbonyl (C=O) groups is 1. The van der Waals surface area contributed by atoms with Crippen LogP contribution in [0.25, 0.3) is 0 Å². The Morgan fingerprint density at radius 1 is 0.857 bits per heavy atom. The summed E-state index contributed by atoms with van der Waals surface area (Å²) in [4.78, 5) is 24.1. The van der Waals surface area contributed by atoms with E-state index in [1.807, 2.05) is 24.3 Å². The summed E-state index contributed by atoms with van der Waals surface area (Å²) in [5.74, 6) is 0.845. The largest absolute Gasteiger partial charge is 0.369 e. The highest BCUT2D eigenvalue weighted by Gasteiger charge is 2.15. The van der Waals surface area contributed by atoms with Crippen LogP contribution in [0.4, 0.5) is 17.2 Å². The molecule has 1 aromatic carbocycles. The zero-order valence-electron chi connectivity index (χ0n) is 16.6. The zero-order valence-corrected chi connectivity index (χ0v) is 16.6. The van der Waals surface area contributed by atoms with Gasteiger partial charge in [0.25, 0.3) is 5.91 Å². The van der Waals surface area contributed by atoms with Crippen LogP contribution >= 0.6 is 0 Å². The van der Waals surface area contributed by atoms with Crippen molar-refractivity contribution < 1.29 is 4.79 Å². The first kappa shape index (κ1) is 18.7. The molecule has 28 heavy (non-hydrogen) atoms. The van der Waals surface area contributed by atoms with Crippen LogP contribution in [-0.2, 0) is 0 Å². The molecule has 3 heterocycles. The summed E-state index contributed by atoms with van der Waals surface area (Å²) >= 11 is 0. The standard InChI is InChI=1S/C22H29N5O/c1-25-13-15-26(16-14-25)20-8-6-19(7-9-20)24-22(28)18-5-10-21(23-17-18)27-11-3-2-4-12-27/h5-10,17H,2-4,11-16H2,1H3,(H,24,28). The molecule has 2 fully saturated rings. The van der Waals surface area contributed by atoms with Crippen molar-refractivity contribution in [2.45, 2.75) is 19.3 Å². The van der Waals surface area contributed by atoms with E-state index in [0.29, 0.717) is 5.56 Å². The Morgan fingerprint density at radius 2 is 1.57 bits per heavy atom. The average molecular weight is 380 g/mol. The molecule has 2 saturated heterocycles. The van der Waals surface area contributed by atoms with Crippen molar-refractivity contribution in [3.8, 4) is 0 Å². The number of rotatable bonds is 4. The lowest BCUT2D eigenvalue weighted by Crippen LogP contribution is -2.44. The third-order valence-electron chi connectivity index (χ3n) is 5.68. The van der Waals surface area contributed by atoms with Gasteiger partial charge in [-0.1, -0.05) is 0 Å². The number of amides is 1. The third kappa shape index (κ3) is 4.44. The van der Waals surface area contributed by atoms with Crippen molar-refractivity contribution in [1.29, 1.82) is 0 Å². The second kappa shape index (κ2) is 8.61. The Bertz CT molecular complexity index is 776. The van der Waals surface area contributed by atoms with Crippen LogP contribution in [0, 0.1) is 0 Å². The minimum atomic E-state index is -0.120. The van der Waals surface area contributed by atoms with Gasteiger partial charge in [0.15, 0.2) is 0 Å². The Morgan fingerprint density at radius 3 is 2.21 bits per heavy atom. The molecule has 0 radical (unpaired) electrons. The minimum absolute atomic E-state index is 0.120. The Labute approximate surface area is 167 Å². The van der Waals surface area contributed by atoms with Crippen molar-refractivity contribution >= 4 is 23.1 Å². The molecule has 6 nitrogen and oxygen atoms in total. The number of hydrogen-bond donors (Lipinski definition) is 1. The van der Waals surface area contributed by atoms with E-state index in [1.165, 1.54) is 24.9 Å². The summed E-state index contributed by atoms with van der Waals surface area (Å²) in [5.41, 5.74) is 2.60. The normalized spacial score (nSPS) is 18.2. The van der Waals surface area contributed by atoms with E-state index in [-0.39, 0.29) is 5.91 Å². The van der Waals surface area contributed by atoms with Crippen LogP contribution in [0.3, 0.4) is 0 Å². The Hall–Kier alpha value is -2.60. The highest BCUT2D eigenvalue weighted by molar-refractivity contribution is 6.04. The number of carbonyl (C=O) groups excluding carboxylic acids is 1. The van der Waals surface area contributed by atoms with Gasteiger partial charge in [-0.2, -0.15) is 0 Å². The van der Waals surface area contributed by atoms with Gasteiger partial charge in [-0.05, 0) is 62.7 Å². The second-order valence-corrected chi connectivity index (χ2v) is 7.74. The molecular formula is C22H29N5O. The molecule has 4 rings (SSSR count). The summed E-state index contributed by atoms with van der Waals surface area (Å²) in [6.07, 6.45) is 5.41. The lowest BCUT2D eigenvalue weighted by molar-refractivity contribution is 0.102. The van der Waals surface area contributed by atoms with Crippen LogP contribution in [-0.4, -0.2) is 62.1 Å². The highest BCUT2D eigenvalue weighted by atomic mass is 16.1. The maximum Gasteiger partial charge on any atom is 0.257 e. The summed E-state index contributed by atoms with van der Waals surface area (Å²) < 4.78 is 0. The molecule has 148 valence electrons. The van der Waals surface area contributed by atoms with E-state index in [2.05, 4.69) is 44.2 Å².